The smallest absolute Gasteiger partial charge is 0.410 e. The number of carbonyl (C=O) groups excluding carboxylic acids is 2. The van der Waals surface area contributed by atoms with Crippen LogP contribution in [0, 0.1) is 5.92 Å². The van der Waals surface area contributed by atoms with Gasteiger partial charge < -0.3 is 39.0 Å². The molecular weight excluding hydrogens is 540 g/mol. The molecule has 0 saturated carbocycles. The highest BCUT2D eigenvalue weighted by Gasteiger charge is 2.60. The molecule has 4 saturated heterocycles. The second-order valence-electron chi connectivity index (χ2n) is 13.0. The molecule has 4 aliphatic heterocycles. The van der Waals surface area contributed by atoms with Crippen molar-refractivity contribution in [3.63, 3.8) is 0 Å². The molecule has 4 fully saturated rings. The van der Waals surface area contributed by atoms with Gasteiger partial charge in [-0.2, -0.15) is 0 Å². The van der Waals surface area contributed by atoms with Crippen LogP contribution in [0.15, 0.2) is 36.0 Å². The topological polar surface area (TPSA) is 119 Å². The van der Waals surface area contributed by atoms with Crippen molar-refractivity contribution in [1.29, 1.82) is 0 Å². The first-order valence-corrected chi connectivity index (χ1v) is 15.4. The van der Waals surface area contributed by atoms with Crippen molar-refractivity contribution >= 4 is 12.0 Å². The molecule has 1 unspecified atom stereocenters. The van der Waals surface area contributed by atoms with Gasteiger partial charge in [0.1, 0.15) is 23.9 Å². The lowest BCUT2D eigenvalue weighted by Crippen LogP contribution is -2.53. The Morgan fingerprint density at radius 2 is 1.90 bits per heavy atom. The number of carbonyl (C=O) groups is 2. The van der Waals surface area contributed by atoms with E-state index in [0.29, 0.717) is 39.3 Å². The summed E-state index contributed by atoms with van der Waals surface area (Å²) in [6.45, 7) is 14.7. The van der Waals surface area contributed by atoms with Crippen LogP contribution in [0.2, 0.25) is 0 Å². The Bertz CT molecular complexity index is 1030. The summed E-state index contributed by atoms with van der Waals surface area (Å²) in [7, 11) is 0. The molecule has 0 aliphatic carbocycles. The fourth-order valence-corrected chi connectivity index (χ4v) is 6.15. The van der Waals surface area contributed by atoms with E-state index in [1.165, 1.54) is 6.08 Å². The Morgan fingerprint density at radius 1 is 1.19 bits per heavy atom. The zero-order valence-electron chi connectivity index (χ0n) is 26.0. The van der Waals surface area contributed by atoms with Crippen LogP contribution in [-0.2, 0) is 28.5 Å². The van der Waals surface area contributed by atoms with Crippen LogP contribution in [0.3, 0.4) is 0 Å². The SMILES string of the molecule is CC(/C=C/[C@H]1OC(C)(C)C[C@@]2(CO2)[C@@H]1O)=C\CCC1O[C@H](C)[C@H](NC(=O)/C=C\[C@H](C)OC(=O)N2CCOCC2)C[C@@H]1C. The Morgan fingerprint density at radius 3 is 2.60 bits per heavy atom. The van der Waals surface area contributed by atoms with Crippen LogP contribution in [0.4, 0.5) is 4.79 Å². The summed E-state index contributed by atoms with van der Waals surface area (Å²) < 4.78 is 28.7. The van der Waals surface area contributed by atoms with Crippen LogP contribution in [0.5, 0.6) is 0 Å². The summed E-state index contributed by atoms with van der Waals surface area (Å²) in [5, 5.41) is 13.8. The number of hydrogen-bond acceptors (Lipinski definition) is 8. The maximum absolute atomic E-state index is 12.6. The monoisotopic (exact) mass is 590 g/mol. The number of amides is 2. The van der Waals surface area contributed by atoms with Gasteiger partial charge in [-0.3, -0.25) is 4.79 Å². The summed E-state index contributed by atoms with van der Waals surface area (Å²) in [4.78, 5) is 26.4. The molecule has 8 atom stereocenters. The van der Waals surface area contributed by atoms with E-state index in [-0.39, 0.29) is 35.7 Å². The number of epoxide rings is 1. The maximum atomic E-state index is 12.6. The molecule has 0 aromatic heterocycles. The number of nitrogens with zero attached hydrogens (tertiary/aromatic N) is 1. The third-order valence-corrected chi connectivity index (χ3v) is 8.63. The lowest BCUT2D eigenvalue weighted by Gasteiger charge is -2.41. The quantitative estimate of drug-likeness (QED) is 0.237. The average Bonchev–Trinajstić information content (AvgIpc) is 3.71. The minimum atomic E-state index is -0.655. The first-order valence-electron chi connectivity index (χ1n) is 15.4. The van der Waals surface area contributed by atoms with Crippen molar-refractivity contribution in [2.24, 2.45) is 5.92 Å². The average molecular weight is 591 g/mol. The second-order valence-corrected chi connectivity index (χ2v) is 13.0. The Kier molecular flexibility index (Phi) is 10.9. The fourth-order valence-electron chi connectivity index (χ4n) is 6.15. The molecular formula is C32H50N2O8. The molecule has 10 nitrogen and oxygen atoms in total. The molecule has 4 heterocycles. The molecule has 1 spiro atoms. The number of aliphatic hydroxyl groups is 1. The molecule has 0 aromatic rings. The van der Waals surface area contributed by atoms with E-state index in [9.17, 15) is 14.7 Å². The summed E-state index contributed by atoms with van der Waals surface area (Å²) in [6.07, 6.45) is 10.5. The standard InChI is InChI=1S/C32H50N2O8/c1-21(10-12-27-29(36)32(20-39-32)19-31(5,6)42-27)8-7-9-26-22(2)18-25(24(4)41-26)33-28(35)13-11-23(3)40-30(37)34-14-16-38-17-15-34/h8,10-13,22-27,29,36H,7,9,14-20H2,1-6H3,(H,33,35)/b12-10+,13-11-,21-8+/t22-,23-,24+,25+,26?,27+,29+,32+/m0/s1. The Balaban J connectivity index is 1.18. The predicted molar refractivity (Wildman–Crippen MR) is 158 cm³/mol. The van der Waals surface area contributed by atoms with Gasteiger partial charge in [0.2, 0.25) is 5.91 Å². The van der Waals surface area contributed by atoms with Gasteiger partial charge in [-0.05, 0) is 65.9 Å². The van der Waals surface area contributed by atoms with E-state index in [4.69, 9.17) is 23.7 Å². The van der Waals surface area contributed by atoms with Crippen molar-refractivity contribution in [2.45, 2.75) is 115 Å². The van der Waals surface area contributed by atoms with Crippen LogP contribution in [-0.4, -0.2) is 103 Å². The molecule has 0 bridgehead atoms. The van der Waals surface area contributed by atoms with Crippen LogP contribution in [0.1, 0.15) is 67.2 Å². The highest BCUT2D eigenvalue weighted by atomic mass is 16.6. The van der Waals surface area contributed by atoms with Crippen molar-refractivity contribution in [3.8, 4) is 0 Å². The lowest BCUT2D eigenvalue weighted by molar-refractivity contribution is -0.171. The van der Waals surface area contributed by atoms with E-state index >= 15 is 0 Å². The van der Waals surface area contributed by atoms with Gasteiger partial charge in [-0.15, -0.1) is 0 Å². The number of morpholine rings is 1. The normalized spacial score (nSPS) is 35.9. The first kappa shape index (κ1) is 32.7. The van der Waals surface area contributed by atoms with Crippen LogP contribution >= 0.6 is 0 Å². The largest absolute Gasteiger partial charge is 0.442 e. The number of hydrogen-bond donors (Lipinski definition) is 2. The summed E-state index contributed by atoms with van der Waals surface area (Å²) in [5.74, 6) is 0.0613. The molecule has 42 heavy (non-hydrogen) atoms. The highest BCUT2D eigenvalue weighted by Crippen LogP contribution is 2.46. The van der Waals surface area contributed by atoms with Crippen molar-refractivity contribution in [2.75, 3.05) is 32.9 Å². The number of rotatable bonds is 9. The second kappa shape index (κ2) is 14.0. The molecule has 0 radical (unpaired) electrons. The van der Waals surface area contributed by atoms with Gasteiger partial charge >= 0.3 is 6.09 Å². The zero-order chi connectivity index (χ0) is 30.5. The van der Waals surface area contributed by atoms with Gasteiger partial charge in [0.25, 0.3) is 0 Å². The molecule has 4 rings (SSSR count). The van der Waals surface area contributed by atoms with Crippen molar-refractivity contribution < 1.29 is 38.4 Å². The Labute approximate surface area is 250 Å². The minimum Gasteiger partial charge on any atom is -0.442 e. The maximum Gasteiger partial charge on any atom is 0.410 e. The fraction of sp³-hybridized carbons (Fsp3) is 0.750. The Hall–Kier alpha value is -2.24. The predicted octanol–water partition coefficient (Wildman–Crippen LogP) is 3.68. The van der Waals surface area contributed by atoms with E-state index in [1.807, 2.05) is 32.9 Å². The summed E-state index contributed by atoms with van der Waals surface area (Å²) in [6, 6.07) is -0.0928. The van der Waals surface area contributed by atoms with Crippen LogP contribution < -0.4 is 5.32 Å². The number of allylic oxidation sites excluding steroid dienone is 3. The van der Waals surface area contributed by atoms with Gasteiger partial charge in [0.15, 0.2) is 0 Å². The van der Waals surface area contributed by atoms with Gasteiger partial charge in [0, 0.05) is 25.6 Å². The zero-order valence-corrected chi connectivity index (χ0v) is 26.0. The summed E-state index contributed by atoms with van der Waals surface area (Å²) >= 11 is 0. The van der Waals surface area contributed by atoms with E-state index < -0.39 is 30.0 Å². The van der Waals surface area contributed by atoms with Crippen molar-refractivity contribution in [1.82, 2.24) is 10.2 Å². The highest BCUT2D eigenvalue weighted by molar-refractivity contribution is 5.87. The van der Waals surface area contributed by atoms with Gasteiger partial charge in [0.05, 0.1) is 43.7 Å². The third kappa shape index (κ3) is 8.89. The molecule has 4 aliphatic rings. The molecule has 2 amide bonds. The number of aliphatic hydroxyl groups excluding tert-OH is 1. The van der Waals surface area contributed by atoms with E-state index in [0.717, 1.165) is 24.8 Å². The van der Waals surface area contributed by atoms with E-state index in [1.54, 1.807) is 17.9 Å². The van der Waals surface area contributed by atoms with Gasteiger partial charge in [-0.25, -0.2) is 4.79 Å². The van der Waals surface area contributed by atoms with E-state index in [2.05, 4.69) is 25.2 Å². The molecule has 2 N–H and O–H groups in total. The third-order valence-electron chi connectivity index (χ3n) is 8.63. The number of ether oxygens (including phenoxy) is 5. The van der Waals surface area contributed by atoms with Gasteiger partial charge in [-0.1, -0.05) is 30.7 Å². The molecule has 236 valence electrons. The van der Waals surface area contributed by atoms with Crippen molar-refractivity contribution in [3.05, 3.63) is 36.0 Å². The van der Waals surface area contributed by atoms with Crippen LogP contribution in [0.25, 0.3) is 0 Å². The number of nitrogens with one attached hydrogen (secondary N) is 1. The first-order chi connectivity index (χ1) is 19.9. The molecule has 0 aromatic carbocycles. The molecule has 10 heteroatoms. The summed E-state index contributed by atoms with van der Waals surface area (Å²) in [5.41, 5.74) is 0.319. The lowest BCUT2D eigenvalue weighted by atomic mass is 9.83. The minimum absolute atomic E-state index is 0.0928.